The van der Waals surface area contributed by atoms with Crippen LogP contribution in [-0.2, 0) is 11.3 Å². The van der Waals surface area contributed by atoms with Crippen LogP contribution in [0.3, 0.4) is 0 Å². The highest BCUT2D eigenvalue weighted by Gasteiger charge is 2.20. The second-order valence-electron chi connectivity index (χ2n) is 9.01. The number of carbonyl (C=O) groups is 1. The molecule has 0 bridgehead atoms. The van der Waals surface area contributed by atoms with Gasteiger partial charge < -0.3 is 19.4 Å². The fraction of sp³-hybridized carbons (Fsp3) is 0.467. The van der Waals surface area contributed by atoms with Gasteiger partial charge in [0.05, 0.1) is 25.6 Å². The van der Waals surface area contributed by atoms with Crippen LogP contribution in [0.5, 0.6) is 11.5 Å². The minimum Gasteiger partial charge on any atom is -0.497 e. The van der Waals surface area contributed by atoms with E-state index in [9.17, 15) is 4.79 Å². The van der Waals surface area contributed by atoms with Crippen molar-refractivity contribution >= 4 is 17.7 Å². The summed E-state index contributed by atoms with van der Waals surface area (Å²) in [7, 11) is 3.36. The molecule has 0 spiro atoms. The third-order valence-electron chi connectivity index (χ3n) is 6.36. The number of thioether (sulfide) groups is 1. The normalized spacial score (nSPS) is 10.9. The lowest BCUT2D eigenvalue weighted by atomic mass is 10.0. The van der Waals surface area contributed by atoms with Gasteiger partial charge in [-0.2, -0.15) is 0 Å². The molecule has 7 heteroatoms. The summed E-state index contributed by atoms with van der Waals surface area (Å²) in [4.78, 5) is 17.1. The van der Waals surface area contributed by atoms with E-state index < -0.39 is 0 Å². The summed E-state index contributed by atoms with van der Waals surface area (Å²) in [5.74, 6) is 2.79. The highest BCUT2D eigenvalue weighted by Crippen LogP contribution is 2.37. The SMILES string of the molecule is CCCCCCC(=O)NCCCCSc1nc(-c2ccc(OC)cc2)c(-c2ccc(OC)cc2)n1CC. The molecule has 200 valence electrons. The standard InChI is InChI=1S/C30H41N3O3S/c1-5-7-8-9-12-27(34)31-21-10-11-22-37-30-32-28(23-13-17-25(35-3)18-14-23)29(33(30)6-2)24-15-19-26(36-4)20-16-24/h13-20H,5-12,21-22H2,1-4H3,(H,31,34). The number of hydrogen-bond donors (Lipinski definition) is 1. The van der Waals surface area contributed by atoms with E-state index in [0.717, 1.165) is 83.7 Å². The third-order valence-corrected chi connectivity index (χ3v) is 7.42. The van der Waals surface area contributed by atoms with E-state index >= 15 is 0 Å². The molecule has 37 heavy (non-hydrogen) atoms. The van der Waals surface area contributed by atoms with Gasteiger partial charge in [-0.25, -0.2) is 4.98 Å². The van der Waals surface area contributed by atoms with Crippen molar-refractivity contribution in [1.29, 1.82) is 0 Å². The van der Waals surface area contributed by atoms with Crippen LogP contribution in [0, 0.1) is 0 Å². The minimum atomic E-state index is 0.179. The maximum absolute atomic E-state index is 12.0. The van der Waals surface area contributed by atoms with Crippen LogP contribution in [0.2, 0.25) is 0 Å². The molecule has 0 radical (unpaired) electrons. The molecule has 0 saturated carbocycles. The predicted molar refractivity (Wildman–Crippen MR) is 154 cm³/mol. The van der Waals surface area contributed by atoms with Gasteiger partial charge in [0.2, 0.25) is 5.91 Å². The third kappa shape index (κ3) is 8.29. The number of nitrogens with zero attached hydrogens (tertiary/aromatic N) is 2. The summed E-state index contributed by atoms with van der Waals surface area (Å²) in [5.41, 5.74) is 4.23. The van der Waals surface area contributed by atoms with Crippen LogP contribution in [0.25, 0.3) is 22.5 Å². The van der Waals surface area contributed by atoms with Crippen molar-refractivity contribution in [2.24, 2.45) is 0 Å². The lowest BCUT2D eigenvalue weighted by Gasteiger charge is -2.12. The van der Waals surface area contributed by atoms with Crippen LogP contribution < -0.4 is 14.8 Å². The molecule has 1 aromatic heterocycles. The number of aromatic nitrogens is 2. The average molecular weight is 524 g/mol. The molecule has 2 aromatic carbocycles. The molecular weight excluding hydrogens is 482 g/mol. The van der Waals surface area contributed by atoms with Crippen molar-refractivity contribution in [3.63, 3.8) is 0 Å². The van der Waals surface area contributed by atoms with Crippen molar-refractivity contribution < 1.29 is 14.3 Å². The van der Waals surface area contributed by atoms with Gasteiger partial charge in [-0.1, -0.05) is 37.9 Å². The Bertz CT molecular complexity index is 1090. The molecule has 1 amide bonds. The number of carbonyl (C=O) groups excluding carboxylic acids is 1. The Morgan fingerprint density at radius 3 is 2.11 bits per heavy atom. The second kappa shape index (κ2) is 15.4. The average Bonchev–Trinajstić information content (AvgIpc) is 3.31. The molecule has 6 nitrogen and oxygen atoms in total. The maximum Gasteiger partial charge on any atom is 0.219 e. The van der Waals surface area contributed by atoms with E-state index in [2.05, 4.69) is 48.0 Å². The van der Waals surface area contributed by atoms with Crippen molar-refractivity contribution in [3.8, 4) is 34.0 Å². The highest BCUT2D eigenvalue weighted by atomic mass is 32.2. The Labute approximate surface area is 226 Å². The van der Waals surface area contributed by atoms with Crippen molar-refractivity contribution in [2.45, 2.75) is 70.5 Å². The molecule has 0 aliphatic heterocycles. The Kier molecular flexibility index (Phi) is 11.9. The van der Waals surface area contributed by atoms with E-state index in [1.54, 1.807) is 26.0 Å². The van der Waals surface area contributed by atoms with Gasteiger partial charge >= 0.3 is 0 Å². The molecule has 1 heterocycles. The summed E-state index contributed by atoms with van der Waals surface area (Å²) >= 11 is 1.78. The van der Waals surface area contributed by atoms with E-state index in [0.29, 0.717) is 6.42 Å². The number of methoxy groups -OCH3 is 2. The van der Waals surface area contributed by atoms with E-state index in [1.165, 1.54) is 12.8 Å². The van der Waals surface area contributed by atoms with E-state index in [1.807, 2.05) is 24.3 Å². The number of benzene rings is 2. The summed E-state index contributed by atoms with van der Waals surface area (Å²) in [6, 6.07) is 16.2. The van der Waals surface area contributed by atoms with E-state index in [4.69, 9.17) is 14.5 Å². The largest absolute Gasteiger partial charge is 0.497 e. The number of ether oxygens (including phenoxy) is 2. The Morgan fingerprint density at radius 2 is 1.51 bits per heavy atom. The molecule has 3 aromatic rings. The first-order chi connectivity index (χ1) is 18.1. The quantitative estimate of drug-likeness (QED) is 0.159. The molecule has 0 aliphatic carbocycles. The fourth-order valence-electron chi connectivity index (χ4n) is 4.25. The zero-order chi connectivity index (χ0) is 26.5. The van der Waals surface area contributed by atoms with Crippen LogP contribution in [0.4, 0.5) is 0 Å². The van der Waals surface area contributed by atoms with Gasteiger partial charge in [0.15, 0.2) is 5.16 Å². The number of nitrogens with one attached hydrogen (secondary N) is 1. The smallest absolute Gasteiger partial charge is 0.219 e. The van der Waals surface area contributed by atoms with Gasteiger partial charge in [-0.15, -0.1) is 0 Å². The highest BCUT2D eigenvalue weighted by molar-refractivity contribution is 7.99. The molecule has 0 fully saturated rings. The number of unbranched alkanes of at least 4 members (excludes halogenated alkanes) is 4. The minimum absolute atomic E-state index is 0.179. The van der Waals surface area contributed by atoms with Crippen LogP contribution in [0.15, 0.2) is 53.7 Å². The van der Waals surface area contributed by atoms with Crippen molar-refractivity contribution in [2.75, 3.05) is 26.5 Å². The summed E-state index contributed by atoms with van der Waals surface area (Å²) in [6.07, 6.45) is 7.16. The summed E-state index contributed by atoms with van der Waals surface area (Å²) < 4.78 is 13.0. The zero-order valence-corrected chi connectivity index (χ0v) is 23.5. The Balaban J connectivity index is 1.68. The van der Waals surface area contributed by atoms with Crippen LogP contribution >= 0.6 is 11.8 Å². The number of amides is 1. The van der Waals surface area contributed by atoms with Gasteiger partial charge in [0, 0.05) is 36.4 Å². The second-order valence-corrected chi connectivity index (χ2v) is 10.1. The van der Waals surface area contributed by atoms with E-state index in [-0.39, 0.29) is 5.91 Å². The predicted octanol–water partition coefficient (Wildman–Crippen LogP) is 7.21. The number of hydrogen-bond acceptors (Lipinski definition) is 5. The molecule has 0 unspecified atom stereocenters. The molecule has 0 saturated heterocycles. The molecule has 0 aliphatic rings. The van der Waals surface area contributed by atoms with Crippen molar-refractivity contribution in [1.82, 2.24) is 14.9 Å². The summed E-state index contributed by atoms with van der Waals surface area (Å²) in [5, 5.41) is 4.08. The molecular formula is C30H41N3O3S. The van der Waals surface area contributed by atoms with Crippen molar-refractivity contribution in [3.05, 3.63) is 48.5 Å². The molecule has 1 N–H and O–H groups in total. The lowest BCUT2D eigenvalue weighted by molar-refractivity contribution is -0.121. The topological polar surface area (TPSA) is 65.4 Å². The van der Waals surface area contributed by atoms with Crippen LogP contribution in [-0.4, -0.2) is 42.0 Å². The van der Waals surface area contributed by atoms with Crippen LogP contribution in [0.1, 0.15) is 58.8 Å². The maximum atomic E-state index is 12.0. The monoisotopic (exact) mass is 523 g/mol. The Morgan fingerprint density at radius 1 is 0.865 bits per heavy atom. The first kappa shape index (κ1) is 28.6. The fourth-order valence-corrected chi connectivity index (χ4v) is 5.31. The van der Waals surface area contributed by atoms with Gasteiger partial charge in [-0.05, 0) is 74.7 Å². The molecule has 3 rings (SSSR count). The first-order valence-corrected chi connectivity index (χ1v) is 14.4. The number of imidazole rings is 1. The first-order valence-electron chi connectivity index (χ1n) is 13.4. The van der Waals surface area contributed by atoms with Gasteiger partial charge in [-0.3, -0.25) is 4.79 Å². The van der Waals surface area contributed by atoms with Gasteiger partial charge in [0.25, 0.3) is 0 Å². The van der Waals surface area contributed by atoms with Gasteiger partial charge in [0.1, 0.15) is 11.5 Å². The Hall–Kier alpha value is -2.93. The summed E-state index contributed by atoms with van der Waals surface area (Å²) in [6.45, 7) is 5.90. The lowest BCUT2D eigenvalue weighted by Crippen LogP contribution is -2.24. The molecule has 0 atom stereocenters. The number of rotatable bonds is 16. The zero-order valence-electron chi connectivity index (χ0n) is 22.7.